The van der Waals surface area contributed by atoms with E-state index < -0.39 is 9.84 Å². The molecule has 0 spiro atoms. The van der Waals surface area contributed by atoms with Gasteiger partial charge in [0.05, 0.1) is 22.1 Å². The van der Waals surface area contributed by atoms with Gasteiger partial charge in [0.1, 0.15) is 0 Å². The molecule has 0 radical (unpaired) electrons. The van der Waals surface area contributed by atoms with Crippen LogP contribution in [0, 0.1) is 0 Å². The predicted molar refractivity (Wildman–Crippen MR) is 116 cm³/mol. The molecule has 1 saturated carbocycles. The van der Waals surface area contributed by atoms with E-state index in [1.165, 1.54) is 18.2 Å². The van der Waals surface area contributed by atoms with Crippen molar-refractivity contribution in [2.75, 3.05) is 17.3 Å². The van der Waals surface area contributed by atoms with Gasteiger partial charge in [0, 0.05) is 19.1 Å². The van der Waals surface area contributed by atoms with Crippen molar-refractivity contribution < 1.29 is 13.2 Å². The van der Waals surface area contributed by atoms with Gasteiger partial charge in [-0.15, -0.1) is 21.5 Å². The monoisotopic (exact) mass is 454 g/mol. The molecule has 0 bridgehead atoms. The van der Waals surface area contributed by atoms with Crippen LogP contribution in [0.15, 0.2) is 22.7 Å². The average molecular weight is 455 g/mol. The van der Waals surface area contributed by atoms with Crippen LogP contribution in [0.25, 0.3) is 10.7 Å². The van der Waals surface area contributed by atoms with Crippen LogP contribution in [0.5, 0.6) is 0 Å². The van der Waals surface area contributed by atoms with Crippen LogP contribution in [-0.4, -0.2) is 63.3 Å². The standard InChI is InChI=1S/C19H26N4O3S3/c1-22-18(16-8-5-10-27-16)20-21-19(22)28-12-17(24)23(14-6-3-2-4-7-14)15-9-11-29(25,26)13-15/h5,8,10,14-15H,2-4,6-7,9,11-13H2,1H3. The Labute approximate surface area is 179 Å². The summed E-state index contributed by atoms with van der Waals surface area (Å²) in [5.74, 6) is 1.36. The zero-order chi connectivity index (χ0) is 20.4. The Bertz CT molecular complexity index is 950. The van der Waals surface area contributed by atoms with E-state index in [0.29, 0.717) is 11.6 Å². The highest BCUT2D eigenvalue weighted by Crippen LogP contribution is 2.30. The van der Waals surface area contributed by atoms with Crippen LogP contribution in [0.3, 0.4) is 0 Å². The molecule has 10 heteroatoms. The first-order chi connectivity index (χ1) is 13.9. The number of hydrogen-bond donors (Lipinski definition) is 0. The van der Waals surface area contributed by atoms with Gasteiger partial charge < -0.3 is 9.47 Å². The van der Waals surface area contributed by atoms with Gasteiger partial charge in [-0.05, 0) is 30.7 Å². The fraction of sp³-hybridized carbons (Fsp3) is 0.632. The summed E-state index contributed by atoms with van der Waals surface area (Å²) in [6.07, 6.45) is 5.91. The molecule has 2 aliphatic rings. The van der Waals surface area contributed by atoms with Crippen molar-refractivity contribution in [3.63, 3.8) is 0 Å². The second-order valence-corrected chi connectivity index (χ2v) is 11.9. The number of rotatable bonds is 6. The summed E-state index contributed by atoms with van der Waals surface area (Å²) in [7, 11) is -1.13. The smallest absolute Gasteiger partial charge is 0.233 e. The molecule has 158 valence electrons. The molecular formula is C19H26N4O3S3. The summed E-state index contributed by atoms with van der Waals surface area (Å²) >= 11 is 2.98. The van der Waals surface area contributed by atoms with Crippen LogP contribution in [-0.2, 0) is 21.7 Å². The topological polar surface area (TPSA) is 85.2 Å². The molecule has 7 nitrogen and oxygen atoms in total. The maximum absolute atomic E-state index is 13.2. The molecular weight excluding hydrogens is 428 g/mol. The Balaban J connectivity index is 1.47. The molecule has 2 fully saturated rings. The van der Waals surface area contributed by atoms with Gasteiger partial charge in [-0.1, -0.05) is 37.1 Å². The molecule has 1 amide bonds. The Morgan fingerprint density at radius 3 is 2.69 bits per heavy atom. The number of nitrogens with zero attached hydrogens (tertiary/aromatic N) is 4. The van der Waals surface area contributed by atoms with Gasteiger partial charge in [-0.25, -0.2) is 8.42 Å². The molecule has 1 unspecified atom stereocenters. The molecule has 0 N–H and O–H groups in total. The predicted octanol–water partition coefficient (Wildman–Crippen LogP) is 2.98. The van der Waals surface area contributed by atoms with E-state index in [0.717, 1.165) is 36.4 Å². The number of aromatic nitrogens is 3. The average Bonchev–Trinajstić information content (AvgIpc) is 3.42. The second kappa shape index (κ2) is 8.77. The van der Waals surface area contributed by atoms with Gasteiger partial charge >= 0.3 is 0 Å². The molecule has 3 heterocycles. The van der Waals surface area contributed by atoms with Gasteiger partial charge in [0.25, 0.3) is 0 Å². The lowest BCUT2D eigenvalue weighted by molar-refractivity contribution is -0.133. The van der Waals surface area contributed by atoms with E-state index in [4.69, 9.17) is 0 Å². The van der Waals surface area contributed by atoms with Gasteiger partial charge in [0.2, 0.25) is 5.91 Å². The Hall–Kier alpha value is -1.39. The molecule has 29 heavy (non-hydrogen) atoms. The molecule has 2 aromatic rings. The molecule has 1 aliphatic heterocycles. The Kier molecular flexibility index (Phi) is 6.31. The largest absolute Gasteiger partial charge is 0.335 e. The first-order valence-electron chi connectivity index (χ1n) is 10.0. The van der Waals surface area contributed by atoms with E-state index in [-0.39, 0.29) is 35.2 Å². The van der Waals surface area contributed by atoms with E-state index in [2.05, 4.69) is 10.2 Å². The maximum atomic E-state index is 13.2. The number of sulfone groups is 1. The van der Waals surface area contributed by atoms with E-state index >= 15 is 0 Å². The van der Waals surface area contributed by atoms with Gasteiger partial charge in [-0.2, -0.15) is 0 Å². The highest BCUT2D eigenvalue weighted by molar-refractivity contribution is 7.99. The fourth-order valence-electron chi connectivity index (χ4n) is 4.32. The lowest BCUT2D eigenvalue weighted by Gasteiger charge is -2.38. The van der Waals surface area contributed by atoms with Crippen LogP contribution in [0.2, 0.25) is 0 Å². The Morgan fingerprint density at radius 2 is 2.03 bits per heavy atom. The highest BCUT2D eigenvalue weighted by Gasteiger charge is 2.38. The van der Waals surface area contributed by atoms with Crippen molar-refractivity contribution in [3.8, 4) is 10.7 Å². The van der Waals surface area contributed by atoms with Crippen molar-refractivity contribution in [1.82, 2.24) is 19.7 Å². The number of thioether (sulfide) groups is 1. The summed E-state index contributed by atoms with van der Waals surface area (Å²) in [4.78, 5) is 16.2. The summed E-state index contributed by atoms with van der Waals surface area (Å²) < 4.78 is 26.0. The van der Waals surface area contributed by atoms with Crippen molar-refractivity contribution >= 4 is 38.8 Å². The highest BCUT2D eigenvalue weighted by atomic mass is 32.2. The number of thiophene rings is 1. The molecule has 1 aliphatic carbocycles. The third kappa shape index (κ3) is 4.69. The Morgan fingerprint density at radius 1 is 1.24 bits per heavy atom. The molecule has 1 saturated heterocycles. The van der Waals surface area contributed by atoms with Crippen LogP contribution in [0.4, 0.5) is 0 Å². The number of amides is 1. The van der Waals surface area contributed by atoms with Crippen molar-refractivity contribution in [1.29, 1.82) is 0 Å². The first kappa shape index (κ1) is 20.9. The van der Waals surface area contributed by atoms with Crippen LogP contribution >= 0.6 is 23.1 Å². The minimum absolute atomic E-state index is 0.0182. The molecule has 2 aromatic heterocycles. The van der Waals surface area contributed by atoms with E-state index in [9.17, 15) is 13.2 Å². The summed E-state index contributed by atoms with van der Waals surface area (Å²) in [5.41, 5.74) is 0. The fourth-order valence-corrected chi connectivity index (χ4v) is 7.56. The zero-order valence-electron chi connectivity index (χ0n) is 16.5. The van der Waals surface area contributed by atoms with E-state index in [1.807, 2.05) is 34.0 Å². The van der Waals surface area contributed by atoms with Crippen molar-refractivity contribution in [2.24, 2.45) is 7.05 Å². The normalized spacial score (nSPS) is 22.0. The van der Waals surface area contributed by atoms with Gasteiger partial charge in [-0.3, -0.25) is 4.79 Å². The summed E-state index contributed by atoms with van der Waals surface area (Å²) in [6, 6.07) is 3.95. The number of carbonyl (C=O) groups is 1. The number of carbonyl (C=O) groups excluding carboxylic acids is 1. The molecule has 0 aromatic carbocycles. The lowest BCUT2D eigenvalue weighted by atomic mass is 9.93. The third-order valence-electron chi connectivity index (χ3n) is 5.76. The molecule has 4 rings (SSSR count). The minimum Gasteiger partial charge on any atom is -0.335 e. The van der Waals surface area contributed by atoms with E-state index in [1.54, 1.807) is 11.3 Å². The maximum Gasteiger partial charge on any atom is 0.233 e. The molecule has 1 atom stereocenters. The first-order valence-corrected chi connectivity index (χ1v) is 13.7. The third-order valence-corrected chi connectivity index (χ3v) is 9.38. The van der Waals surface area contributed by atoms with Crippen LogP contribution in [0.1, 0.15) is 38.5 Å². The van der Waals surface area contributed by atoms with Gasteiger partial charge in [0.15, 0.2) is 20.8 Å². The van der Waals surface area contributed by atoms with Crippen molar-refractivity contribution in [3.05, 3.63) is 17.5 Å². The van der Waals surface area contributed by atoms with Crippen LogP contribution < -0.4 is 0 Å². The number of hydrogen-bond acceptors (Lipinski definition) is 7. The summed E-state index contributed by atoms with van der Waals surface area (Å²) in [5, 5.41) is 11.2. The SMILES string of the molecule is Cn1c(SCC(=O)N(C2CCCCC2)C2CCS(=O)(=O)C2)nnc1-c1cccs1. The zero-order valence-corrected chi connectivity index (χ0v) is 18.9. The second-order valence-electron chi connectivity index (χ2n) is 7.78. The summed E-state index contributed by atoms with van der Waals surface area (Å²) in [6.45, 7) is 0. The van der Waals surface area contributed by atoms with Crippen molar-refractivity contribution in [2.45, 2.75) is 55.8 Å². The quantitative estimate of drug-likeness (QED) is 0.624. The minimum atomic E-state index is -3.03. The lowest BCUT2D eigenvalue weighted by Crippen LogP contribution is -2.49.